The van der Waals surface area contributed by atoms with E-state index in [0.29, 0.717) is 19.6 Å². The van der Waals surface area contributed by atoms with Crippen LogP contribution in [-0.4, -0.2) is 58.2 Å². The van der Waals surface area contributed by atoms with Crippen molar-refractivity contribution < 1.29 is 18.3 Å². The average Bonchev–Trinajstić information content (AvgIpc) is 3.07. The number of carbonyl (C=O) groups excluding carboxylic acids is 1. The van der Waals surface area contributed by atoms with Gasteiger partial charge in [-0.3, -0.25) is 14.4 Å². The van der Waals surface area contributed by atoms with Crippen molar-refractivity contribution in [1.82, 2.24) is 19.6 Å². The summed E-state index contributed by atoms with van der Waals surface area (Å²) in [5.74, 6) is -2.28. The Morgan fingerprint density at radius 3 is 2.81 bits per heavy atom. The maximum absolute atomic E-state index is 13.2. The number of hydrogen-bond acceptors (Lipinski definition) is 4. The Bertz CT molecular complexity index is 815. The summed E-state index contributed by atoms with van der Waals surface area (Å²) < 4.78 is 33.4. The highest BCUT2D eigenvalue weighted by molar-refractivity contribution is 5.82. The molecular weight excluding hydrogens is 342 g/mol. The third kappa shape index (κ3) is 3.05. The van der Waals surface area contributed by atoms with E-state index in [2.05, 4.69) is 10.00 Å². The first kappa shape index (κ1) is 17.0. The van der Waals surface area contributed by atoms with Gasteiger partial charge >= 0.3 is 0 Å². The second-order valence-corrected chi connectivity index (χ2v) is 6.81. The summed E-state index contributed by atoms with van der Waals surface area (Å²) in [6.45, 7) is 0.650. The molecule has 0 N–H and O–H groups in total. The van der Waals surface area contributed by atoms with Crippen molar-refractivity contribution in [2.45, 2.75) is 25.1 Å². The molecule has 1 aromatic heterocycles. The van der Waals surface area contributed by atoms with Gasteiger partial charge in [0.1, 0.15) is 11.8 Å². The third-order valence-corrected chi connectivity index (χ3v) is 4.89. The molecule has 2 aromatic rings. The maximum Gasteiger partial charge on any atom is 0.282 e. The smallest absolute Gasteiger partial charge is 0.282 e. The van der Waals surface area contributed by atoms with Crippen molar-refractivity contribution in [2.75, 3.05) is 26.7 Å². The van der Waals surface area contributed by atoms with E-state index in [9.17, 15) is 13.6 Å². The number of amides is 1. The summed E-state index contributed by atoms with van der Waals surface area (Å²) in [5, 5.41) is 4.24. The van der Waals surface area contributed by atoms with Gasteiger partial charge in [0.05, 0.1) is 25.9 Å². The van der Waals surface area contributed by atoms with Gasteiger partial charge < -0.3 is 9.64 Å². The lowest BCUT2D eigenvalue weighted by Gasteiger charge is -2.42. The van der Waals surface area contributed by atoms with Gasteiger partial charge in [0.15, 0.2) is 0 Å². The monoisotopic (exact) mass is 362 g/mol. The summed E-state index contributed by atoms with van der Waals surface area (Å²) in [6, 6.07) is 9.01. The van der Waals surface area contributed by atoms with Gasteiger partial charge in [-0.2, -0.15) is 5.10 Å². The second kappa shape index (κ2) is 6.35. The van der Waals surface area contributed by atoms with Gasteiger partial charge in [-0.15, -0.1) is 0 Å². The van der Waals surface area contributed by atoms with E-state index >= 15 is 0 Å². The molecule has 1 atom stereocenters. The number of carbonyl (C=O) groups is 1. The van der Waals surface area contributed by atoms with Crippen molar-refractivity contribution in [3.05, 3.63) is 47.8 Å². The summed E-state index contributed by atoms with van der Waals surface area (Å²) >= 11 is 0. The van der Waals surface area contributed by atoms with Crippen LogP contribution in [0.25, 0.3) is 0 Å². The first-order chi connectivity index (χ1) is 12.5. The van der Waals surface area contributed by atoms with Gasteiger partial charge in [-0.1, -0.05) is 18.2 Å². The SMILES string of the molecule is COc1ccccc1CN1Cc2ccnn2[C@@H](C(=O)N2CC(F)(F)C2)C1. The molecule has 4 rings (SSSR count). The number of hydrogen-bond donors (Lipinski definition) is 0. The van der Waals surface area contributed by atoms with Crippen LogP contribution in [0.3, 0.4) is 0 Å². The Hall–Kier alpha value is -2.48. The number of alkyl halides is 2. The highest BCUT2D eigenvalue weighted by Crippen LogP contribution is 2.31. The maximum atomic E-state index is 13.2. The zero-order valence-electron chi connectivity index (χ0n) is 14.4. The van der Waals surface area contributed by atoms with E-state index in [1.807, 2.05) is 30.3 Å². The molecule has 0 saturated carbocycles. The van der Waals surface area contributed by atoms with Gasteiger partial charge in [-0.25, -0.2) is 8.78 Å². The fourth-order valence-electron chi connectivity index (χ4n) is 3.62. The fourth-order valence-corrected chi connectivity index (χ4v) is 3.62. The lowest BCUT2D eigenvalue weighted by atomic mass is 10.1. The molecule has 26 heavy (non-hydrogen) atoms. The van der Waals surface area contributed by atoms with Crippen molar-refractivity contribution in [2.24, 2.45) is 0 Å². The Morgan fingerprint density at radius 1 is 1.31 bits per heavy atom. The Kier molecular flexibility index (Phi) is 4.14. The van der Waals surface area contributed by atoms with Crippen LogP contribution in [0.1, 0.15) is 17.3 Å². The molecule has 2 aliphatic rings. The standard InChI is InChI=1S/C18H20F2N4O2/c1-26-16-5-3-2-4-13(16)8-22-9-14-6-7-21-24(14)15(10-22)17(25)23-11-18(19,20)12-23/h2-7,15H,8-12H2,1H3/t15-/m1/s1. The highest BCUT2D eigenvalue weighted by Gasteiger charge is 2.48. The van der Waals surface area contributed by atoms with Crippen LogP contribution in [0, 0.1) is 0 Å². The number of methoxy groups -OCH3 is 1. The number of aromatic nitrogens is 2. The minimum atomic E-state index is -2.77. The van der Waals surface area contributed by atoms with Crippen molar-refractivity contribution in [3.8, 4) is 5.75 Å². The lowest BCUT2D eigenvalue weighted by Crippen LogP contribution is -2.61. The van der Waals surface area contributed by atoms with Crippen LogP contribution in [0.15, 0.2) is 36.5 Å². The molecule has 0 unspecified atom stereocenters. The number of para-hydroxylation sites is 1. The van der Waals surface area contributed by atoms with Gasteiger partial charge in [0, 0.05) is 31.4 Å². The van der Waals surface area contributed by atoms with Crippen molar-refractivity contribution >= 4 is 5.91 Å². The van der Waals surface area contributed by atoms with Crippen LogP contribution >= 0.6 is 0 Å². The fraction of sp³-hybridized carbons (Fsp3) is 0.444. The molecule has 2 aliphatic heterocycles. The minimum absolute atomic E-state index is 0.300. The van der Waals surface area contributed by atoms with Crippen LogP contribution in [0.5, 0.6) is 5.75 Å². The van der Waals surface area contributed by atoms with E-state index < -0.39 is 25.1 Å². The van der Waals surface area contributed by atoms with E-state index in [4.69, 9.17) is 4.74 Å². The molecule has 6 nitrogen and oxygen atoms in total. The number of likely N-dealkylation sites (tertiary alicyclic amines) is 1. The predicted molar refractivity (Wildman–Crippen MR) is 89.9 cm³/mol. The van der Waals surface area contributed by atoms with Crippen LogP contribution in [-0.2, 0) is 17.9 Å². The molecule has 1 amide bonds. The molecule has 3 heterocycles. The van der Waals surface area contributed by atoms with E-state index in [-0.39, 0.29) is 5.91 Å². The molecule has 0 radical (unpaired) electrons. The second-order valence-electron chi connectivity index (χ2n) is 6.81. The topological polar surface area (TPSA) is 50.6 Å². The Balaban J connectivity index is 1.54. The molecule has 8 heteroatoms. The van der Waals surface area contributed by atoms with Gasteiger partial charge in [-0.05, 0) is 12.1 Å². The molecular formula is C18H20F2N4O2. The zero-order chi connectivity index (χ0) is 18.3. The third-order valence-electron chi connectivity index (χ3n) is 4.89. The predicted octanol–water partition coefficient (Wildman–Crippen LogP) is 1.93. The van der Waals surface area contributed by atoms with Crippen molar-refractivity contribution in [3.63, 3.8) is 0 Å². The minimum Gasteiger partial charge on any atom is -0.496 e. The molecule has 0 bridgehead atoms. The van der Waals surface area contributed by atoms with Crippen LogP contribution < -0.4 is 4.74 Å². The van der Waals surface area contributed by atoms with Gasteiger partial charge in [0.25, 0.3) is 5.92 Å². The van der Waals surface area contributed by atoms with Crippen molar-refractivity contribution in [1.29, 1.82) is 0 Å². The molecule has 138 valence electrons. The summed E-state index contributed by atoms with van der Waals surface area (Å²) in [4.78, 5) is 16.1. The first-order valence-electron chi connectivity index (χ1n) is 8.50. The lowest BCUT2D eigenvalue weighted by molar-refractivity contribution is -0.170. The van der Waals surface area contributed by atoms with Crippen LogP contribution in [0.2, 0.25) is 0 Å². The highest BCUT2D eigenvalue weighted by atomic mass is 19.3. The quantitative estimate of drug-likeness (QED) is 0.834. The molecule has 1 aromatic carbocycles. The van der Waals surface area contributed by atoms with E-state index in [1.165, 1.54) is 4.90 Å². The Morgan fingerprint density at radius 2 is 2.08 bits per heavy atom. The summed E-state index contributed by atoms with van der Waals surface area (Å²) in [6.07, 6.45) is 1.65. The average molecular weight is 362 g/mol. The zero-order valence-corrected chi connectivity index (χ0v) is 14.4. The summed E-state index contributed by atoms with van der Waals surface area (Å²) in [7, 11) is 1.63. The number of ether oxygens (including phenoxy) is 1. The molecule has 0 aliphatic carbocycles. The molecule has 1 fully saturated rings. The summed E-state index contributed by atoms with van der Waals surface area (Å²) in [5.41, 5.74) is 1.92. The number of rotatable bonds is 4. The largest absolute Gasteiger partial charge is 0.496 e. The number of fused-ring (bicyclic) bond motifs is 1. The number of halogens is 2. The van der Waals surface area contributed by atoms with Gasteiger partial charge in [0.2, 0.25) is 5.91 Å². The van der Waals surface area contributed by atoms with E-state index in [1.54, 1.807) is 18.0 Å². The van der Waals surface area contributed by atoms with Crippen LogP contribution in [0.4, 0.5) is 8.78 Å². The molecule has 0 spiro atoms. The number of nitrogens with zero attached hydrogens (tertiary/aromatic N) is 4. The number of benzene rings is 1. The normalized spacial score (nSPS) is 21.8. The molecule has 1 saturated heterocycles. The Labute approximate surface area is 149 Å². The van der Waals surface area contributed by atoms with E-state index in [0.717, 1.165) is 17.0 Å². The first-order valence-corrected chi connectivity index (χ1v) is 8.50.